The van der Waals surface area contributed by atoms with E-state index in [4.69, 9.17) is 24.3 Å². The SMILES string of the molecule is COc1cc2c(cc1-c1c(C)noc1C)[nH]c1nc(C)nc(Nc3cc(C4CC4)nn3C3CCN(C)CC3)c12. The lowest BCUT2D eigenvalue weighted by atomic mass is 10.0. The van der Waals surface area contributed by atoms with Gasteiger partial charge in [0.2, 0.25) is 0 Å². The second-order valence-corrected chi connectivity index (χ2v) is 11.1. The van der Waals surface area contributed by atoms with Crippen LogP contribution in [0.5, 0.6) is 5.75 Å². The number of hydrogen-bond acceptors (Lipinski definition) is 8. The number of fused-ring (bicyclic) bond motifs is 3. The first-order valence-corrected chi connectivity index (χ1v) is 13.8. The molecule has 2 fully saturated rings. The summed E-state index contributed by atoms with van der Waals surface area (Å²) in [5, 5.41) is 14.9. The van der Waals surface area contributed by atoms with Crippen LogP contribution in [0.25, 0.3) is 33.1 Å². The Labute approximate surface area is 226 Å². The van der Waals surface area contributed by atoms with Gasteiger partial charge in [-0.25, -0.2) is 14.6 Å². The van der Waals surface area contributed by atoms with Crippen LogP contribution in [0.3, 0.4) is 0 Å². The van der Waals surface area contributed by atoms with Crippen LogP contribution in [0.15, 0.2) is 22.7 Å². The molecule has 39 heavy (non-hydrogen) atoms. The molecule has 1 aliphatic carbocycles. The summed E-state index contributed by atoms with van der Waals surface area (Å²) in [6, 6.07) is 6.75. The first kappa shape index (κ1) is 24.1. The Morgan fingerprint density at radius 1 is 1.05 bits per heavy atom. The Balaban J connectivity index is 1.36. The van der Waals surface area contributed by atoms with Crippen LogP contribution in [0.4, 0.5) is 11.6 Å². The molecule has 1 saturated heterocycles. The van der Waals surface area contributed by atoms with Crippen molar-refractivity contribution in [1.29, 1.82) is 0 Å². The largest absolute Gasteiger partial charge is 0.496 e. The van der Waals surface area contributed by atoms with Crippen molar-refractivity contribution in [2.75, 3.05) is 32.6 Å². The van der Waals surface area contributed by atoms with Crippen LogP contribution in [0, 0.1) is 20.8 Å². The van der Waals surface area contributed by atoms with Gasteiger partial charge in [0.1, 0.15) is 34.6 Å². The van der Waals surface area contributed by atoms with Crippen molar-refractivity contribution in [3.05, 3.63) is 41.2 Å². The molecular weight excluding hydrogens is 492 g/mol. The van der Waals surface area contributed by atoms with Gasteiger partial charge >= 0.3 is 0 Å². The number of nitrogens with zero attached hydrogens (tertiary/aromatic N) is 6. The van der Waals surface area contributed by atoms with E-state index in [2.05, 4.69) is 50.3 Å². The quantitative estimate of drug-likeness (QED) is 0.286. The zero-order chi connectivity index (χ0) is 26.8. The fraction of sp³-hybridized carbons (Fsp3) is 0.448. The van der Waals surface area contributed by atoms with Crippen LogP contribution in [-0.4, -0.2) is 62.0 Å². The summed E-state index contributed by atoms with van der Waals surface area (Å²) in [5.74, 6) is 4.55. The van der Waals surface area contributed by atoms with Gasteiger partial charge in [0.25, 0.3) is 0 Å². The fourth-order valence-corrected chi connectivity index (χ4v) is 5.98. The maximum atomic E-state index is 5.87. The first-order valence-electron chi connectivity index (χ1n) is 13.8. The number of rotatable bonds is 6. The molecule has 0 atom stereocenters. The molecule has 2 aliphatic rings. The monoisotopic (exact) mass is 526 g/mol. The van der Waals surface area contributed by atoms with Gasteiger partial charge in [-0.05, 0) is 78.7 Å². The molecule has 0 unspecified atom stereocenters. The third kappa shape index (κ3) is 4.14. The number of aryl methyl sites for hydroxylation is 3. The summed E-state index contributed by atoms with van der Waals surface area (Å²) in [7, 11) is 3.88. The third-order valence-corrected chi connectivity index (χ3v) is 8.22. The number of benzene rings is 1. The zero-order valence-corrected chi connectivity index (χ0v) is 23.1. The normalized spacial score (nSPS) is 16.9. The van der Waals surface area contributed by atoms with Gasteiger partial charge in [0, 0.05) is 28.5 Å². The molecule has 5 heterocycles. The second kappa shape index (κ2) is 9.08. The number of nitrogens with one attached hydrogen (secondary N) is 2. The number of anilines is 2. The van der Waals surface area contributed by atoms with Gasteiger partial charge in [-0.1, -0.05) is 5.16 Å². The molecule has 1 saturated carbocycles. The Morgan fingerprint density at radius 2 is 1.85 bits per heavy atom. The van der Waals surface area contributed by atoms with E-state index in [1.54, 1.807) is 7.11 Å². The summed E-state index contributed by atoms with van der Waals surface area (Å²) in [6.07, 6.45) is 4.61. The number of aromatic nitrogens is 6. The summed E-state index contributed by atoms with van der Waals surface area (Å²) in [5.41, 5.74) is 5.62. The van der Waals surface area contributed by atoms with Crippen LogP contribution in [-0.2, 0) is 0 Å². The van der Waals surface area contributed by atoms with Crippen molar-refractivity contribution in [3.63, 3.8) is 0 Å². The molecule has 2 N–H and O–H groups in total. The van der Waals surface area contributed by atoms with E-state index in [1.807, 2.05) is 20.8 Å². The fourth-order valence-electron chi connectivity index (χ4n) is 5.98. The van der Waals surface area contributed by atoms with E-state index in [9.17, 15) is 0 Å². The number of methoxy groups -OCH3 is 1. The number of ether oxygens (including phenoxy) is 1. The van der Waals surface area contributed by atoms with Crippen LogP contribution >= 0.6 is 0 Å². The average molecular weight is 527 g/mol. The predicted molar refractivity (Wildman–Crippen MR) is 151 cm³/mol. The molecule has 10 heteroatoms. The summed E-state index contributed by atoms with van der Waals surface area (Å²) >= 11 is 0. The maximum Gasteiger partial charge on any atom is 0.145 e. The molecular formula is C29H34N8O2. The van der Waals surface area contributed by atoms with Gasteiger partial charge in [-0.15, -0.1) is 0 Å². The number of piperidine rings is 1. The van der Waals surface area contributed by atoms with Crippen molar-refractivity contribution in [2.45, 2.75) is 58.4 Å². The summed E-state index contributed by atoms with van der Waals surface area (Å²) in [4.78, 5) is 15.6. The van der Waals surface area contributed by atoms with Crippen LogP contribution in [0.2, 0.25) is 0 Å². The Hall–Kier alpha value is -3.92. The van der Waals surface area contributed by atoms with E-state index >= 15 is 0 Å². The van der Waals surface area contributed by atoms with Crippen molar-refractivity contribution < 1.29 is 9.26 Å². The molecule has 202 valence electrons. The Kier molecular flexibility index (Phi) is 5.62. The van der Waals surface area contributed by atoms with Crippen molar-refractivity contribution >= 4 is 33.6 Å². The minimum Gasteiger partial charge on any atom is -0.496 e. The molecule has 0 radical (unpaired) electrons. The van der Waals surface area contributed by atoms with Gasteiger partial charge in [0.05, 0.1) is 35.5 Å². The van der Waals surface area contributed by atoms with Gasteiger partial charge < -0.3 is 24.5 Å². The lowest BCUT2D eigenvalue weighted by molar-refractivity contribution is 0.213. The Morgan fingerprint density at radius 3 is 2.54 bits per heavy atom. The highest BCUT2D eigenvalue weighted by Crippen LogP contribution is 2.43. The van der Waals surface area contributed by atoms with E-state index in [0.29, 0.717) is 17.8 Å². The highest BCUT2D eigenvalue weighted by atomic mass is 16.5. The number of aromatic amines is 1. The van der Waals surface area contributed by atoms with E-state index in [1.165, 1.54) is 18.5 Å². The molecule has 0 spiro atoms. The highest BCUT2D eigenvalue weighted by molar-refractivity contribution is 6.13. The van der Waals surface area contributed by atoms with Gasteiger partial charge in [-0.3, -0.25) is 0 Å². The molecule has 10 nitrogen and oxygen atoms in total. The number of H-pyrrole nitrogens is 1. The lowest BCUT2D eigenvalue weighted by Crippen LogP contribution is -2.32. The van der Waals surface area contributed by atoms with E-state index in [0.717, 1.165) is 87.8 Å². The molecule has 5 aromatic rings. The van der Waals surface area contributed by atoms with E-state index < -0.39 is 0 Å². The molecule has 4 aromatic heterocycles. The molecule has 1 aromatic carbocycles. The third-order valence-electron chi connectivity index (χ3n) is 8.22. The maximum absolute atomic E-state index is 5.87. The number of hydrogen-bond donors (Lipinski definition) is 2. The van der Waals surface area contributed by atoms with E-state index in [-0.39, 0.29) is 0 Å². The van der Waals surface area contributed by atoms with Crippen molar-refractivity contribution in [3.8, 4) is 16.9 Å². The summed E-state index contributed by atoms with van der Waals surface area (Å²) < 4.78 is 13.5. The average Bonchev–Trinajstić information content (AvgIpc) is 3.47. The smallest absolute Gasteiger partial charge is 0.145 e. The first-order chi connectivity index (χ1) is 18.9. The molecule has 0 bridgehead atoms. The molecule has 7 rings (SSSR count). The summed E-state index contributed by atoms with van der Waals surface area (Å²) in [6.45, 7) is 7.95. The molecule has 1 aliphatic heterocycles. The lowest BCUT2D eigenvalue weighted by Gasteiger charge is -2.30. The number of likely N-dealkylation sites (tertiary alicyclic amines) is 1. The van der Waals surface area contributed by atoms with Gasteiger partial charge in [0.15, 0.2) is 0 Å². The minimum absolute atomic E-state index is 0.371. The zero-order valence-electron chi connectivity index (χ0n) is 23.1. The van der Waals surface area contributed by atoms with Gasteiger partial charge in [-0.2, -0.15) is 5.10 Å². The van der Waals surface area contributed by atoms with Crippen LogP contribution < -0.4 is 10.1 Å². The van der Waals surface area contributed by atoms with Crippen molar-refractivity contribution in [1.82, 2.24) is 34.8 Å². The highest BCUT2D eigenvalue weighted by Gasteiger charge is 2.30. The van der Waals surface area contributed by atoms with Crippen LogP contribution in [0.1, 0.15) is 60.6 Å². The predicted octanol–water partition coefficient (Wildman–Crippen LogP) is 5.78. The Bertz CT molecular complexity index is 1680. The van der Waals surface area contributed by atoms with Crippen molar-refractivity contribution in [2.24, 2.45) is 0 Å². The topological polar surface area (TPSA) is 110 Å². The second-order valence-electron chi connectivity index (χ2n) is 11.1. The standard InChI is InChI=1S/C29H34N8O2/c1-15-26(16(2)39-35-15)21-12-23-20(13-24(21)38-5)27-28(32-23)30-17(3)31-29(27)33-25-14-22(18-6-7-18)34-37(25)19-8-10-36(4)11-9-19/h12-14,18-19H,6-11H2,1-5H3,(H2,30,31,32,33). The molecule has 0 amide bonds. The minimum atomic E-state index is 0.371.